The predicted molar refractivity (Wildman–Crippen MR) is 43.2 cm³/mol. The molecule has 0 saturated carbocycles. The van der Waals surface area contributed by atoms with Crippen molar-refractivity contribution in [1.82, 2.24) is 5.73 Å². The zero-order valence-electron chi connectivity index (χ0n) is 5.52. The molecule has 0 bridgehead atoms. The van der Waals surface area contributed by atoms with Gasteiger partial charge in [-0.25, -0.2) is 0 Å². The van der Waals surface area contributed by atoms with Gasteiger partial charge in [-0.05, 0) is 25.8 Å². The molecule has 0 saturated heterocycles. The van der Waals surface area contributed by atoms with Gasteiger partial charge in [0.25, 0.3) is 0 Å². The summed E-state index contributed by atoms with van der Waals surface area (Å²) in [6, 6.07) is 0. The van der Waals surface area contributed by atoms with Crippen LogP contribution in [0, 0.1) is 0 Å². The highest BCUT2D eigenvalue weighted by molar-refractivity contribution is 7.80. The van der Waals surface area contributed by atoms with Crippen LogP contribution >= 0.6 is 12.2 Å². The van der Waals surface area contributed by atoms with Gasteiger partial charge < -0.3 is 5.73 Å². The van der Waals surface area contributed by atoms with E-state index < -0.39 is 0 Å². The summed E-state index contributed by atoms with van der Waals surface area (Å²) in [6.07, 6.45) is 3.95. The first kappa shape index (κ1) is 8.85. The van der Waals surface area contributed by atoms with Crippen molar-refractivity contribution < 1.29 is 0 Å². The molecule has 0 aromatic rings. The minimum Gasteiger partial charge on any atom is -0.330 e. The van der Waals surface area contributed by atoms with Crippen LogP contribution in [0.4, 0.5) is 0 Å². The van der Waals surface area contributed by atoms with Gasteiger partial charge in [0.15, 0.2) is 0 Å². The van der Waals surface area contributed by atoms with Crippen molar-refractivity contribution in [2.24, 2.45) is 5.73 Å². The van der Waals surface area contributed by atoms with E-state index in [1.807, 2.05) is 0 Å². The van der Waals surface area contributed by atoms with E-state index in [0.29, 0.717) is 4.99 Å². The topological polar surface area (TPSA) is 49.8 Å². The van der Waals surface area contributed by atoms with Gasteiger partial charge >= 0.3 is 0 Å². The smallest absolute Gasteiger partial charge is 0.0939 e. The fraction of sp³-hybridized carbons (Fsp3) is 0.833. The van der Waals surface area contributed by atoms with Crippen LogP contribution in [0.15, 0.2) is 0 Å². The van der Waals surface area contributed by atoms with Crippen LogP contribution in [0.2, 0.25) is 0 Å². The fourth-order valence-electron chi connectivity index (χ4n) is 0.607. The first-order chi connectivity index (χ1) is 4.27. The lowest BCUT2D eigenvalue weighted by atomic mass is 10.2. The molecule has 53 valence electrons. The summed E-state index contributed by atoms with van der Waals surface area (Å²) in [6.45, 7) is 0.755. The number of nitrogens with one attached hydrogen (secondary N) is 1. The van der Waals surface area contributed by atoms with Crippen LogP contribution in [0.25, 0.3) is 0 Å². The predicted octanol–water partition coefficient (Wildman–Crippen LogP) is 1.12. The summed E-state index contributed by atoms with van der Waals surface area (Å²) < 4.78 is 0. The Morgan fingerprint density at radius 1 is 1.33 bits per heavy atom. The maximum atomic E-state index is 6.91. The van der Waals surface area contributed by atoms with E-state index in [-0.39, 0.29) is 0 Å². The average molecular weight is 145 g/mol. The van der Waals surface area contributed by atoms with Crippen molar-refractivity contribution in [2.45, 2.75) is 25.7 Å². The Morgan fingerprint density at radius 2 is 2.00 bits per heavy atom. The first-order valence-corrected chi connectivity index (χ1v) is 3.62. The van der Waals surface area contributed by atoms with Gasteiger partial charge in [0.1, 0.15) is 0 Å². The van der Waals surface area contributed by atoms with E-state index in [0.717, 1.165) is 32.2 Å². The van der Waals surface area contributed by atoms with Crippen LogP contribution in [-0.4, -0.2) is 11.5 Å². The lowest BCUT2D eigenvalue weighted by Crippen LogP contribution is -1.99. The van der Waals surface area contributed by atoms with Crippen LogP contribution in [0.3, 0.4) is 0 Å². The van der Waals surface area contributed by atoms with E-state index in [4.69, 9.17) is 11.5 Å². The Kier molecular flexibility index (Phi) is 5.88. The number of hydrogen-bond donors (Lipinski definition) is 1. The lowest BCUT2D eigenvalue weighted by Gasteiger charge is -1.94. The summed E-state index contributed by atoms with van der Waals surface area (Å²) in [7, 11) is 0. The quantitative estimate of drug-likeness (QED) is 0.465. The van der Waals surface area contributed by atoms with E-state index in [2.05, 4.69) is 12.2 Å². The maximum absolute atomic E-state index is 6.91. The van der Waals surface area contributed by atoms with Gasteiger partial charge in [-0.15, -0.1) is 0 Å². The maximum Gasteiger partial charge on any atom is 0.0939 e. The Labute approximate surface area is 61.6 Å². The summed E-state index contributed by atoms with van der Waals surface area (Å²) in [5.41, 5.74) is 12.2. The fourth-order valence-corrected chi connectivity index (χ4v) is 0.751. The molecule has 1 radical (unpaired) electrons. The second-order valence-corrected chi connectivity index (χ2v) is 2.52. The number of hydrogen-bond acceptors (Lipinski definition) is 2. The monoisotopic (exact) mass is 145 g/mol. The molecule has 0 aromatic carbocycles. The van der Waals surface area contributed by atoms with Crippen LogP contribution in [0.1, 0.15) is 25.7 Å². The van der Waals surface area contributed by atoms with Crippen molar-refractivity contribution in [3.05, 3.63) is 0 Å². The molecule has 3 N–H and O–H groups in total. The first-order valence-electron chi connectivity index (χ1n) is 3.22. The van der Waals surface area contributed by atoms with Crippen LogP contribution in [0.5, 0.6) is 0 Å². The average Bonchev–Trinajstić information content (AvgIpc) is 1.80. The normalized spacial score (nSPS) is 9.44. The van der Waals surface area contributed by atoms with Gasteiger partial charge in [0.2, 0.25) is 0 Å². The van der Waals surface area contributed by atoms with Crippen molar-refractivity contribution in [1.29, 1.82) is 0 Å². The lowest BCUT2D eigenvalue weighted by molar-refractivity contribution is 0.706. The molecular weight excluding hydrogens is 132 g/mol. The summed E-state index contributed by atoms with van der Waals surface area (Å²) in [5, 5.41) is 0. The molecule has 0 unspecified atom stereocenters. The number of unbranched alkanes of at least 4 members (excludes halogenated alkanes) is 2. The van der Waals surface area contributed by atoms with Gasteiger partial charge in [0, 0.05) is 0 Å². The minimum atomic E-state index is 0.368. The number of nitrogens with two attached hydrogens (primary N) is 1. The van der Waals surface area contributed by atoms with Crippen molar-refractivity contribution in [2.75, 3.05) is 6.54 Å². The molecular formula is C6H13N2S. The zero-order chi connectivity index (χ0) is 7.11. The molecule has 0 fully saturated rings. The molecule has 0 aromatic heterocycles. The van der Waals surface area contributed by atoms with Gasteiger partial charge in [0.05, 0.1) is 4.99 Å². The molecule has 0 amide bonds. The Bertz CT molecular complexity index is 83.1. The van der Waals surface area contributed by atoms with Gasteiger partial charge in [-0.1, -0.05) is 18.6 Å². The molecule has 0 aliphatic heterocycles. The van der Waals surface area contributed by atoms with Crippen LogP contribution in [-0.2, 0) is 0 Å². The molecule has 0 atom stereocenters. The highest BCUT2D eigenvalue weighted by atomic mass is 32.1. The third-order valence-corrected chi connectivity index (χ3v) is 1.31. The summed E-state index contributed by atoms with van der Waals surface area (Å²) >= 11 is 4.58. The zero-order valence-corrected chi connectivity index (χ0v) is 6.34. The Balaban J connectivity index is 2.83. The SMILES string of the molecule is [NH]C(=S)CCCCCN. The van der Waals surface area contributed by atoms with Crippen molar-refractivity contribution >= 4 is 17.2 Å². The van der Waals surface area contributed by atoms with Crippen LogP contribution < -0.4 is 11.5 Å². The summed E-state index contributed by atoms with van der Waals surface area (Å²) in [5.74, 6) is 0. The second-order valence-electron chi connectivity index (χ2n) is 2.02. The largest absolute Gasteiger partial charge is 0.330 e. The number of rotatable bonds is 5. The van der Waals surface area contributed by atoms with E-state index in [9.17, 15) is 0 Å². The number of thiocarbonyl (C=S) groups is 1. The standard InChI is InChI=1S/C6H13N2S/c7-5-3-1-2-4-6(8)9/h8H,1-5,7H2. The van der Waals surface area contributed by atoms with E-state index in [1.165, 1.54) is 0 Å². The summed E-state index contributed by atoms with van der Waals surface area (Å²) in [4.78, 5) is 0.368. The third-order valence-electron chi connectivity index (χ3n) is 1.11. The molecule has 0 aliphatic rings. The molecule has 3 heteroatoms. The molecule has 0 rings (SSSR count). The highest BCUT2D eigenvalue weighted by Crippen LogP contribution is 1.98. The van der Waals surface area contributed by atoms with Crippen molar-refractivity contribution in [3.8, 4) is 0 Å². The Morgan fingerprint density at radius 3 is 2.44 bits per heavy atom. The van der Waals surface area contributed by atoms with Gasteiger partial charge in [-0.2, -0.15) is 0 Å². The molecule has 2 nitrogen and oxygen atoms in total. The molecule has 0 heterocycles. The van der Waals surface area contributed by atoms with Crippen molar-refractivity contribution in [3.63, 3.8) is 0 Å². The minimum absolute atomic E-state index is 0.368. The molecule has 9 heavy (non-hydrogen) atoms. The van der Waals surface area contributed by atoms with E-state index in [1.54, 1.807) is 0 Å². The van der Waals surface area contributed by atoms with E-state index >= 15 is 0 Å². The van der Waals surface area contributed by atoms with Gasteiger partial charge in [-0.3, -0.25) is 5.73 Å². The highest BCUT2D eigenvalue weighted by Gasteiger charge is 1.89. The second kappa shape index (κ2) is 5.98. The molecule has 0 spiro atoms. The third kappa shape index (κ3) is 7.85. The Hall–Kier alpha value is -0.150. The molecule has 0 aliphatic carbocycles.